The van der Waals surface area contributed by atoms with Crippen LogP contribution in [0.25, 0.3) is 11.3 Å². The predicted molar refractivity (Wildman–Crippen MR) is 59.4 cm³/mol. The van der Waals surface area contributed by atoms with Gasteiger partial charge in [-0.1, -0.05) is 5.16 Å². The summed E-state index contributed by atoms with van der Waals surface area (Å²) in [5.41, 5.74) is -1.45. The molecule has 0 amide bonds. The summed E-state index contributed by atoms with van der Waals surface area (Å²) in [7, 11) is 1.06. The maximum absolute atomic E-state index is 13.6. The average Bonchev–Trinajstić information content (AvgIpc) is 2.86. The van der Waals surface area contributed by atoms with E-state index in [4.69, 9.17) is 5.11 Å². The van der Waals surface area contributed by atoms with Crippen molar-refractivity contribution in [1.82, 2.24) is 5.16 Å². The highest BCUT2D eigenvalue weighted by molar-refractivity contribution is 5.63. The maximum atomic E-state index is 13.6. The van der Waals surface area contributed by atoms with Gasteiger partial charge in [0.1, 0.15) is 12.3 Å². The molecule has 108 valence electrons. The Labute approximate surface area is 110 Å². The summed E-state index contributed by atoms with van der Waals surface area (Å²) in [6, 6.07) is 2.94. The van der Waals surface area contributed by atoms with Crippen LogP contribution in [0.3, 0.4) is 0 Å². The van der Waals surface area contributed by atoms with E-state index in [2.05, 4.69) is 14.4 Å². The number of ether oxygens (including phenoxy) is 1. The van der Waals surface area contributed by atoms with E-state index in [1.165, 1.54) is 6.07 Å². The number of methoxy groups -OCH3 is 1. The van der Waals surface area contributed by atoms with E-state index in [0.717, 1.165) is 13.2 Å². The number of halogens is 4. The zero-order valence-corrected chi connectivity index (χ0v) is 10.2. The van der Waals surface area contributed by atoms with Gasteiger partial charge in [0.15, 0.2) is 17.3 Å². The normalized spacial score (nSPS) is 11.7. The molecule has 2 aromatic rings. The lowest BCUT2D eigenvalue weighted by Gasteiger charge is -2.12. The SMILES string of the molecule is COc1cc(-c2cc(CO)on2)cc(C(F)(F)F)c1F. The molecule has 0 saturated heterocycles. The number of rotatable bonds is 3. The summed E-state index contributed by atoms with van der Waals surface area (Å²) in [4.78, 5) is 0. The van der Waals surface area contributed by atoms with Crippen LogP contribution >= 0.6 is 0 Å². The number of aliphatic hydroxyl groups excluding tert-OH is 1. The van der Waals surface area contributed by atoms with Crippen molar-refractivity contribution in [3.63, 3.8) is 0 Å². The Bertz CT molecular complexity index is 622. The fraction of sp³-hybridized carbons (Fsp3) is 0.250. The van der Waals surface area contributed by atoms with E-state index < -0.39 is 29.9 Å². The molecular weight excluding hydrogens is 282 g/mol. The van der Waals surface area contributed by atoms with Gasteiger partial charge >= 0.3 is 6.18 Å². The lowest BCUT2D eigenvalue weighted by molar-refractivity contribution is -0.140. The Hall–Kier alpha value is -2.09. The van der Waals surface area contributed by atoms with Crippen LogP contribution in [-0.2, 0) is 12.8 Å². The lowest BCUT2D eigenvalue weighted by Crippen LogP contribution is -2.09. The zero-order chi connectivity index (χ0) is 14.9. The summed E-state index contributed by atoms with van der Waals surface area (Å²) in [6.07, 6.45) is -4.86. The van der Waals surface area contributed by atoms with Gasteiger partial charge in [-0.15, -0.1) is 0 Å². The van der Waals surface area contributed by atoms with Gasteiger partial charge in [0.05, 0.1) is 12.7 Å². The Balaban J connectivity index is 2.59. The number of aromatic nitrogens is 1. The van der Waals surface area contributed by atoms with E-state index in [1.807, 2.05) is 0 Å². The highest BCUT2D eigenvalue weighted by atomic mass is 19.4. The van der Waals surface area contributed by atoms with Crippen molar-refractivity contribution in [3.8, 4) is 17.0 Å². The number of alkyl halides is 3. The van der Waals surface area contributed by atoms with E-state index in [-0.39, 0.29) is 17.0 Å². The molecule has 0 radical (unpaired) electrons. The monoisotopic (exact) mass is 291 g/mol. The summed E-state index contributed by atoms with van der Waals surface area (Å²) < 4.78 is 61.1. The molecule has 1 N–H and O–H groups in total. The fourth-order valence-corrected chi connectivity index (χ4v) is 1.62. The molecule has 20 heavy (non-hydrogen) atoms. The smallest absolute Gasteiger partial charge is 0.419 e. The van der Waals surface area contributed by atoms with E-state index in [1.54, 1.807) is 0 Å². The topological polar surface area (TPSA) is 55.5 Å². The van der Waals surface area contributed by atoms with Crippen molar-refractivity contribution >= 4 is 0 Å². The highest BCUT2D eigenvalue weighted by Gasteiger charge is 2.36. The molecule has 1 heterocycles. The second-order valence-electron chi connectivity index (χ2n) is 3.87. The molecule has 0 unspecified atom stereocenters. The van der Waals surface area contributed by atoms with Crippen molar-refractivity contribution in [2.24, 2.45) is 0 Å². The van der Waals surface area contributed by atoms with Gasteiger partial charge in [-0.2, -0.15) is 13.2 Å². The molecule has 0 aliphatic heterocycles. The van der Waals surface area contributed by atoms with Gasteiger partial charge in [0.25, 0.3) is 0 Å². The molecule has 2 rings (SSSR count). The summed E-state index contributed by atoms with van der Waals surface area (Å²) in [6.45, 7) is -0.447. The number of aliphatic hydroxyl groups is 1. The predicted octanol–water partition coefficient (Wildman–Crippen LogP) is 3.00. The molecule has 0 fully saturated rings. The Morgan fingerprint density at radius 1 is 1.30 bits per heavy atom. The minimum Gasteiger partial charge on any atom is -0.494 e. The van der Waals surface area contributed by atoms with Gasteiger partial charge < -0.3 is 14.4 Å². The molecule has 0 bridgehead atoms. The Morgan fingerprint density at radius 3 is 2.50 bits per heavy atom. The minimum atomic E-state index is -4.86. The lowest BCUT2D eigenvalue weighted by atomic mass is 10.1. The van der Waals surface area contributed by atoms with Gasteiger partial charge in [-0.3, -0.25) is 0 Å². The largest absolute Gasteiger partial charge is 0.494 e. The fourth-order valence-electron chi connectivity index (χ4n) is 1.62. The average molecular weight is 291 g/mol. The molecule has 0 spiro atoms. The molecule has 0 aliphatic carbocycles. The summed E-state index contributed by atoms with van der Waals surface area (Å²) >= 11 is 0. The summed E-state index contributed by atoms with van der Waals surface area (Å²) in [5.74, 6) is -1.96. The van der Waals surface area contributed by atoms with E-state index in [9.17, 15) is 17.6 Å². The highest BCUT2D eigenvalue weighted by Crippen LogP contribution is 2.38. The van der Waals surface area contributed by atoms with Crippen molar-refractivity contribution in [2.75, 3.05) is 7.11 Å². The van der Waals surface area contributed by atoms with Crippen LogP contribution in [0, 0.1) is 5.82 Å². The molecule has 8 heteroatoms. The quantitative estimate of drug-likeness (QED) is 0.883. The molecule has 1 aromatic carbocycles. The van der Waals surface area contributed by atoms with E-state index >= 15 is 0 Å². The van der Waals surface area contributed by atoms with Gasteiger partial charge in [-0.05, 0) is 12.1 Å². The molecule has 4 nitrogen and oxygen atoms in total. The van der Waals surface area contributed by atoms with Crippen LogP contribution in [0.5, 0.6) is 5.75 Å². The number of hydrogen-bond acceptors (Lipinski definition) is 4. The third-order valence-electron chi connectivity index (χ3n) is 2.58. The molecule has 0 aliphatic rings. The molecule has 0 atom stereocenters. The van der Waals surface area contributed by atoms with Crippen molar-refractivity contribution in [3.05, 3.63) is 35.3 Å². The second kappa shape index (κ2) is 5.12. The van der Waals surface area contributed by atoms with Crippen molar-refractivity contribution in [2.45, 2.75) is 12.8 Å². The zero-order valence-electron chi connectivity index (χ0n) is 10.2. The standard InChI is InChI=1S/C12H9F4NO3/c1-19-10-3-6(9-4-7(5-18)20-17-9)2-8(11(10)13)12(14,15)16/h2-4,18H,5H2,1H3. The van der Waals surface area contributed by atoms with Gasteiger partial charge in [-0.25, -0.2) is 4.39 Å². The first-order valence-corrected chi connectivity index (χ1v) is 5.38. The number of benzene rings is 1. The first-order chi connectivity index (χ1) is 9.36. The third-order valence-corrected chi connectivity index (χ3v) is 2.58. The minimum absolute atomic E-state index is 0.0287. The maximum Gasteiger partial charge on any atom is 0.419 e. The molecule has 0 saturated carbocycles. The first kappa shape index (κ1) is 14.3. The van der Waals surface area contributed by atoms with Crippen LogP contribution in [0.2, 0.25) is 0 Å². The van der Waals surface area contributed by atoms with E-state index in [0.29, 0.717) is 6.07 Å². The Kier molecular flexibility index (Phi) is 3.67. The number of hydrogen-bond donors (Lipinski definition) is 1. The first-order valence-electron chi connectivity index (χ1n) is 5.38. The van der Waals surface area contributed by atoms with Gasteiger partial charge in [0, 0.05) is 11.6 Å². The Morgan fingerprint density at radius 2 is 2.00 bits per heavy atom. The summed E-state index contributed by atoms with van der Waals surface area (Å²) in [5, 5.41) is 12.3. The van der Waals surface area contributed by atoms with Crippen LogP contribution in [0.1, 0.15) is 11.3 Å². The number of nitrogens with zero attached hydrogens (tertiary/aromatic N) is 1. The third kappa shape index (κ3) is 2.60. The van der Waals surface area contributed by atoms with Crippen LogP contribution in [0.15, 0.2) is 22.7 Å². The second-order valence-corrected chi connectivity index (χ2v) is 3.87. The molecular formula is C12H9F4NO3. The molecule has 1 aromatic heterocycles. The van der Waals surface area contributed by atoms with Crippen LogP contribution < -0.4 is 4.74 Å². The van der Waals surface area contributed by atoms with Crippen LogP contribution in [0.4, 0.5) is 17.6 Å². The van der Waals surface area contributed by atoms with Crippen molar-refractivity contribution in [1.29, 1.82) is 0 Å². The van der Waals surface area contributed by atoms with Gasteiger partial charge in [0.2, 0.25) is 0 Å². The van der Waals surface area contributed by atoms with Crippen molar-refractivity contribution < 1.29 is 31.9 Å². The van der Waals surface area contributed by atoms with Crippen LogP contribution in [-0.4, -0.2) is 17.4 Å².